The summed E-state index contributed by atoms with van der Waals surface area (Å²) >= 11 is 0. The van der Waals surface area contributed by atoms with Gasteiger partial charge < -0.3 is 38.4 Å². The van der Waals surface area contributed by atoms with E-state index < -0.39 is 18.5 Å². The molecule has 12 heteroatoms. The summed E-state index contributed by atoms with van der Waals surface area (Å²) in [6, 6.07) is 9.42. The molecule has 0 aliphatic carbocycles. The lowest BCUT2D eigenvalue weighted by molar-refractivity contribution is -0.174. The normalized spacial score (nSPS) is 18.7. The maximum atomic E-state index is 14.1. The van der Waals surface area contributed by atoms with Gasteiger partial charge in [0, 0.05) is 64.6 Å². The van der Waals surface area contributed by atoms with Crippen LogP contribution in [0.25, 0.3) is 5.69 Å². The molecule has 3 atom stereocenters. The molecule has 1 N–H and O–H groups in total. The van der Waals surface area contributed by atoms with E-state index in [1.807, 2.05) is 55.9 Å². The van der Waals surface area contributed by atoms with E-state index in [4.69, 9.17) is 33.5 Å². The van der Waals surface area contributed by atoms with Gasteiger partial charge in [-0.05, 0) is 38.5 Å². The average Bonchev–Trinajstić information content (AvgIpc) is 3.22. The van der Waals surface area contributed by atoms with Crippen LogP contribution in [0.15, 0.2) is 47.0 Å². The number of likely N-dealkylation sites (N-methyl/N-ethyl adjacent to an activating group) is 1. The molecule has 1 aromatic heterocycles. The monoisotopic (exact) mass is 591 g/mol. The number of ether oxygens (including phenoxy) is 6. The Kier molecular flexibility index (Phi) is 13.2. The van der Waals surface area contributed by atoms with Gasteiger partial charge >= 0.3 is 0 Å². The van der Waals surface area contributed by atoms with Gasteiger partial charge in [-0.1, -0.05) is 18.2 Å². The molecule has 1 amide bonds. The molecule has 42 heavy (non-hydrogen) atoms. The van der Waals surface area contributed by atoms with Crippen LogP contribution in [-0.2, 0) is 40.3 Å². The van der Waals surface area contributed by atoms with Crippen LogP contribution in [0.3, 0.4) is 0 Å². The number of para-hydroxylation sites is 1. The molecule has 0 saturated carbocycles. The average molecular weight is 592 g/mol. The van der Waals surface area contributed by atoms with Crippen LogP contribution in [0.2, 0.25) is 0 Å². The number of hydrogen-bond acceptors (Lipinski definition) is 9. The number of rotatable bonds is 17. The van der Waals surface area contributed by atoms with Crippen molar-refractivity contribution in [3.63, 3.8) is 0 Å². The third-order valence-electron chi connectivity index (χ3n) is 7.36. The molecule has 0 fully saturated rings. The van der Waals surface area contributed by atoms with Crippen LogP contribution < -0.4 is 5.56 Å². The summed E-state index contributed by atoms with van der Waals surface area (Å²) in [7, 11) is 6.49. The van der Waals surface area contributed by atoms with E-state index in [1.165, 1.54) is 19.1 Å². The van der Waals surface area contributed by atoms with Crippen LogP contribution >= 0.6 is 0 Å². The zero-order valence-electron chi connectivity index (χ0n) is 25.5. The molecular formula is C30H45N3O9. The summed E-state index contributed by atoms with van der Waals surface area (Å²) in [5, 5.41) is 8.89. The van der Waals surface area contributed by atoms with Gasteiger partial charge in [0.1, 0.15) is 0 Å². The van der Waals surface area contributed by atoms with Gasteiger partial charge in [0.15, 0.2) is 12.0 Å². The Bertz CT molecular complexity index is 1210. The highest BCUT2D eigenvalue weighted by atomic mass is 16.7. The van der Waals surface area contributed by atoms with E-state index in [2.05, 4.69) is 0 Å². The first-order chi connectivity index (χ1) is 20.3. The summed E-state index contributed by atoms with van der Waals surface area (Å²) in [6.45, 7) is 5.55. The van der Waals surface area contributed by atoms with E-state index in [0.717, 1.165) is 11.4 Å². The third kappa shape index (κ3) is 8.09. The third-order valence-corrected chi connectivity index (χ3v) is 7.36. The van der Waals surface area contributed by atoms with Gasteiger partial charge in [-0.25, -0.2) is 4.68 Å². The fourth-order valence-electron chi connectivity index (χ4n) is 5.08. The number of aromatic nitrogens is 2. The second-order valence-electron chi connectivity index (χ2n) is 9.96. The molecule has 234 valence electrons. The number of carbonyl (C=O) groups excluding carboxylic acids is 1. The van der Waals surface area contributed by atoms with Crippen molar-refractivity contribution >= 4 is 5.91 Å². The maximum Gasteiger partial charge on any atom is 0.288 e. The van der Waals surface area contributed by atoms with Crippen molar-refractivity contribution in [3.8, 4) is 5.69 Å². The summed E-state index contributed by atoms with van der Waals surface area (Å²) in [4.78, 5) is 29.1. The van der Waals surface area contributed by atoms with E-state index in [9.17, 15) is 9.59 Å². The van der Waals surface area contributed by atoms with Crippen LogP contribution in [-0.4, -0.2) is 105 Å². The molecule has 0 saturated heterocycles. The van der Waals surface area contributed by atoms with E-state index in [0.29, 0.717) is 38.4 Å². The van der Waals surface area contributed by atoms with Crippen LogP contribution in [0.5, 0.6) is 0 Å². The van der Waals surface area contributed by atoms with Crippen molar-refractivity contribution in [2.24, 2.45) is 13.0 Å². The molecule has 1 aromatic carbocycles. The predicted octanol–water partition coefficient (Wildman–Crippen LogP) is 1.95. The zero-order chi connectivity index (χ0) is 30.6. The predicted molar refractivity (Wildman–Crippen MR) is 155 cm³/mol. The maximum absolute atomic E-state index is 14.1. The standard InChI is InChI=1S/C30H45N3O9/c1-7-41-30-23(13-15-39-17-18-40-16-14-34)24(19-25(42-30)28(35)31(3)20-26(37-5)38-6)27-21(2)32(4)33(29(27)36)22-11-9-8-10-12-22/h8-12,19,23-24,26,30,34H,7,13-18,20H2,1-6H3/t23-,24-,30+/m1/s1. The molecule has 2 aromatic rings. The quantitative estimate of drug-likeness (QED) is 0.217. The summed E-state index contributed by atoms with van der Waals surface area (Å²) in [5.74, 6) is -1.11. The van der Waals surface area contributed by atoms with Gasteiger partial charge in [-0.2, -0.15) is 0 Å². The van der Waals surface area contributed by atoms with Gasteiger partial charge in [0.25, 0.3) is 11.5 Å². The lowest BCUT2D eigenvalue weighted by Crippen LogP contribution is -2.42. The molecule has 0 radical (unpaired) electrons. The minimum atomic E-state index is -0.795. The molecule has 0 unspecified atom stereocenters. The SMILES string of the molecule is CCO[C@H]1OC(C(=O)N(C)CC(OC)OC)=C[C@@H](c2c(C)n(C)n(-c3ccccc3)c2=O)[C@H]1CCOCCOCCO. The van der Waals surface area contributed by atoms with Crippen molar-refractivity contribution in [1.29, 1.82) is 0 Å². The topological polar surface area (TPSA) is 123 Å². The van der Waals surface area contributed by atoms with Gasteiger partial charge in [0.05, 0.1) is 38.7 Å². The summed E-state index contributed by atoms with van der Waals surface area (Å²) < 4.78 is 37.3. The van der Waals surface area contributed by atoms with Gasteiger partial charge in [0.2, 0.25) is 6.29 Å². The molecule has 1 aliphatic heterocycles. The van der Waals surface area contributed by atoms with Gasteiger partial charge in [-0.3, -0.25) is 14.3 Å². The van der Waals surface area contributed by atoms with Crippen molar-refractivity contribution in [2.75, 3.05) is 67.5 Å². The number of allylic oxidation sites excluding steroid dienone is 1. The minimum absolute atomic E-state index is 0.0474. The highest BCUT2D eigenvalue weighted by Gasteiger charge is 2.41. The first-order valence-corrected chi connectivity index (χ1v) is 14.2. The van der Waals surface area contributed by atoms with E-state index in [1.54, 1.807) is 17.8 Å². The number of hydrogen-bond donors (Lipinski definition) is 1. The smallest absolute Gasteiger partial charge is 0.288 e. The number of nitrogens with zero attached hydrogens (tertiary/aromatic N) is 3. The highest BCUT2D eigenvalue weighted by Crippen LogP contribution is 2.39. The number of aliphatic hydroxyl groups is 1. The second-order valence-corrected chi connectivity index (χ2v) is 9.96. The molecule has 2 heterocycles. The summed E-state index contributed by atoms with van der Waals surface area (Å²) in [6.07, 6.45) is 0.827. The first-order valence-electron chi connectivity index (χ1n) is 14.2. The van der Waals surface area contributed by atoms with Crippen LogP contribution in [0.1, 0.15) is 30.5 Å². The van der Waals surface area contributed by atoms with Crippen LogP contribution in [0, 0.1) is 12.8 Å². The molecule has 0 spiro atoms. The Balaban J connectivity index is 2.02. The van der Waals surface area contributed by atoms with Crippen molar-refractivity contribution in [1.82, 2.24) is 14.3 Å². The van der Waals surface area contributed by atoms with E-state index >= 15 is 0 Å². The number of benzene rings is 1. The highest BCUT2D eigenvalue weighted by molar-refractivity contribution is 5.91. The van der Waals surface area contributed by atoms with Gasteiger partial charge in [-0.15, -0.1) is 0 Å². The molecular weight excluding hydrogens is 546 g/mol. The zero-order valence-corrected chi connectivity index (χ0v) is 25.5. The van der Waals surface area contributed by atoms with Crippen LogP contribution in [0.4, 0.5) is 0 Å². The lowest BCUT2D eigenvalue weighted by Gasteiger charge is -2.37. The number of amides is 1. The molecule has 3 rings (SSSR count). The number of methoxy groups -OCH3 is 2. The molecule has 12 nitrogen and oxygen atoms in total. The van der Waals surface area contributed by atoms with Crippen molar-refractivity contribution < 1.29 is 38.3 Å². The molecule has 0 bridgehead atoms. The number of carbonyl (C=O) groups is 1. The molecule has 1 aliphatic rings. The fourth-order valence-corrected chi connectivity index (χ4v) is 5.08. The Hall–Kier alpha value is -3.00. The van der Waals surface area contributed by atoms with Crippen molar-refractivity contribution in [3.05, 3.63) is 63.8 Å². The lowest BCUT2D eigenvalue weighted by atomic mass is 9.81. The minimum Gasteiger partial charge on any atom is -0.459 e. The summed E-state index contributed by atoms with van der Waals surface area (Å²) in [5.41, 5.74) is 1.89. The second kappa shape index (κ2) is 16.6. The largest absolute Gasteiger partial charge is 0.459 e. The first kappa shape index (κ1) is 33.5. The Morgan fingerprint density at radius 1 is 1.10 bits per heavy atom. The Morgan fingerprint density at radius 3 is 2.38 bits per heavy atom. The Labute approximate surface area is 247 Å². The Morgan fingerprint density at radius 2 is 1.76 bits per heavy atom. The van der Waals surface area contributed by atoms with E-state index in [-0.39, 0.29) is 42.9 Å². The van der Waals surface area contributed by atoms with Crippen molar-refractivity contribution in [2.45, 2.75) is 38.8 Å². The fraction of sp³-hybridized carbons (Fsp3) is 0.600. The number of aliphatic hydroxyl groups excluding tert-OH is 1.